The summed E-state index contributed by atoms with van der Waals surface area (Å²) in [4.78, 5) is 15.7. The first-order valence-electron chi connectivity index (χ1n) is 6.20. The van der Waals surface area contributed by atoms with Crippen LogP contribution in [0.25, 0.3) is 0 Å². The molecule has 0 aliphatic carbocycles. The first-order valence-corrected chi connectivity index (χ1v) is 6.20. The van der Waals surface area contributed by atoms with Crippen LogP contribution in [0.3, 0.4) is 0 Å². The fourth-order valence-electron chi connectivity index (χ4n) is 1.60. The molecule has 4 heteroatoms. The summed E-state index contributed by atoms with van der Waals surface area (Å²) in [6.07, 6.45) is 2.17. The van der Waals surface area contributed by atoms with Crippen molar-refractivity contribution in [2.75, 3.05) is 5.32 Å². The Hall–Kier alpha value is -2.36. The van der Waals surface area contributed by atoms with Gasteiger partial charge < -0.3 is 4.74 Å². The Morgan fingerprint density at radius 3 is 2.63 bits per heavy atom. The summed E-state index contributed by atoms with van der Waals surface area (Å²) in [5.41, 5.74) is 2.68. The van der Waals surface area contributed by atoms with E-state index in [1.54, 1.807) is 6.20 Å². The molecule has 4 nitrogen and oxygen atoms in total. The molecule has 1 aromatic heterocycles. The third kappa shape index (κ3) is 4.10. The minimum atomic E-state index is -0.477. The predicted molar refractivity (Wildman–Crippen MR) is 73.9 cm³/mol. The zero-order chi connectivity index (χ0) is 13.5. The Morgan fingerprint density at radius 1 is 1.21 bits per heavy atom. The molecule has 1 heterocycles. The van der Waals surface area contributed by atoms with E-state index in [0.717, 1.165) is 17.8 Å². The Morgan fingerprint density at radius 2 is 2.00 bits per heavy atom. The molecule has 98 valence electrons. The summed E-state index contributed by atoms with van der Waals surface area (Å²) in [5, 5.41) is 2.67. The number of carbonyl (C=O) groups excluding carboxylic acids is 1. The highest BCUT2D eigenvalue weighted by molar-refractivity contribution is 5.84. The van der Waals surface area contributed by atoms with Crippen molar-refractivity contribution in [1.29, 1.82) is 0 Å². The second kappa shape index (κ2) is 6.54. The zero-order valence-corrected chi connectivity index (χ0v) is 10.8. The van der Waals surface area contributed by atoms with Crippen LogP contribution in [-0.4, -0.2) is 11.1 Å². The molecule has 0 saturated heterocycles. The fraction of sp³-hybridized carbons (Fsp3) is 0.200. The number of amides is 1. The van der Waals surface area contributed by atoms with E-state index in [1.807, 2.05) is 42.5 Å². The molecule has 0 saturated carbocycles. The van der Waals surface area contributed by atoms with Gasteiger partial charge in [-0.3, -0.25) is 10.3 Å². The molecule has 1 aromatic carbocycles. The number of ether oxygens (including phenoxy) is 1. The van der Waals surface area contributed by atoms with E-state index in [2.05, 4.69) is 17.2 Å². The van der Waals surface area contributed by atoms with Crippen molar-refractivity contribution in [1.82, 2.24) is 4.98 Å². The number of hydrogen-bond donors (Lipinski definition) is 1. The maximum atomic E-state index is 11.6. The van der Waals surface area contributed by atoms with Crippen LogP contribution in [0.2, 0.25) is 0 Å². The normalized spacial score (nSPS) is 9.95. The summed E-state index contributed by atoms with van der Waals surface area (Å²) in [6, 6.07) is 13.2. The van der Waals surface area contributed by atoms with E-state index in [-0.39, 0.29) is 6.61 Å². The van der Waals surface area contributed by atoms with Crippen molar-refractivity contribution in [3.05, 3.63) is 59.9 Å². The first-order chi connectivity index (χ1) is 9.28. The topological polar surface area (TPSA) is 51.2 Å². The third-order valence-electron chi connectivity index (χ3n) is 2.69. The molecule has 0 aliphatic rings. The molecule has 0 unspecified atom stereocenters. The van der Waals surface area contributed by atoms with Gasteiger partial charge >= 0.3 is 6.09 Å². The van der Waals surface area contributed by atoms with E-state index in [0.29, 0.717) is 0 Å². The zero-order valence-electron chi connectivity index (χ0n) is 10.8. The molecular formula is C15H16N2O2. The largest absolute Gasteiger partial charge is 0.443 e. The number of carbonyl (C=O) groups is 1. The van der Waals surface area contributed by atoms with Gasteiger partial charge in [-0.05, 0) is 36.2 Å². The van der Waals surface area contributed by atoms with Crippen LogP contribution in [0.4, 0.5) is 10.5 Å². The lowest BCUT2D eigenvalue weighted by atomic mass is 10.1. The van der Waals surface area contributed by atoms with E-state index in [1.165, 1.54) is 5.56 Å². The maximum absolute atomic E-state index is 11.6. The molecule has 0 aliphatic heterocycles. The van der Waals surface area contributed by atoms with Crippen LogP contribution >= 0.6 is 0 Å². The second-order valence-electron chi connectivity index (χ2n) is 4.07. The lowest BCUT2D eigenvalue weighted by molar-refractivity contribution is 0.153. The molecular weight excluding hydrogens is 240 g/mol. The van der Waals surface area contributed by atoms with Gasteiger partial charge in [-0.25, -0.2) is 4.79 Å². The number of aromatic nitrogens is 1. The number of aryl methyl sites for hydroxylation is 1. The average molecular weight is 256 g/mol. The van der Waals surface area contributed by atoms with Crippen LogP contribution in [0, 0.1) is 0 Å². The van der Waals surface area contributed by atoms with Gasteiger partial charge in [0.15, 0.2) is 0 Å². The molecule has 2 aromatic rings. The SMILES string of the molecule is CCc1ccc(NC(=O)OCc2ccccn2)cc1. The van der Waals surface area contributed by atoms with E-state index < -0.39 is 6.09 Å². The molecule has 0 atom stereocenters. The predicted octanol–water partition coefficient (Wildman–Crippen LogP) is 3.39. The second-order valence-corrected chi connectivity index (χ2v) is 4.07. The number of pyridine rings is 1. The van der Waals surface area contributed by atoms with Crippen LogP contribution in [0.5, 0.6) is 0 Å². The highest BCUT2D eigenvalue weighted by Crippen LogP contribution is 2.10. The smallest absolute Gasteiger partial charge is 0.412 e. The van der Waals surface area contributed by atoms with Gasteiger partial charge in [0.05, 0.1) is 5.69 Å². The van der Waals surface area contributed by atoms with Gasteiger partial charge in [-0.15, -0.1) is 0 Å². The number of anilines is 1. The molecule has 1 amide bonds. The van der Waals surface area contributed by atoms with Crippen molar-refractivity contribution >= 4 is 11.8 Å². The Bertz CT molecular complexity index is 524. The van der Waals surface area contributed by atoms with Gasteiger partial charge in [0, 0.05) is 11.9 Å². The first kappa shape index (κ1) is 13.1. The number of rotatable bonds is 4. The summed E-state index contributed by atoms with van der Waals surface area (Å²) in [7, 11) is 0. The van der Waals surface area contributed by atoms with Crippen molar-refractivity contribution in [2.24, 2.45) is 0 Å². The van der Waals surface area contributed by atoms with E-state index in [9.17, 15) is 4.79 Å². The standard InChI is InChI=1S/C15H16N2O2/c1-2-12-6-8-13(9-7-12)17-15(18)19-11-14-5-3-4-10-16-14/h3-10H,2,11H2,1H3,(H,17,18). The van der Waals surface area contributed by atoms with Gasteiger partial charge in [-0.1, -0.05) is 25.1 Å². The highest BCUT2D eigenvalue weighted by Gasteiger charge is 2.03. The highest BCUT2D eigenvalue weighted by atomic mass is 16.5. The molecule has 0 radical (unpaired) electrons. The van der Waals surface area contributed by atoms with Gasteiger partial charge in [0.25, 0.3) is 0 Å². The molecule has 2 rings (SSSR count). The third-order valence-corrected chi connectivity index (χ3v) is 2.69. The summed E-state index contributed by atoms with van der Waals surface area (Å²) < 4.78 is 5.08. The number of nitrogens with one attached hydrogen (secondary N) is 1. The van der Waals surface area contributed by atoms with Crippen LogP contribution in [0.1, 0.15) is 18.2 Å². The van der Waals surface area contributed by atoms with Crippen molar-refractivity contribution in [2.45, 2.75) is 20.0 Å². The van der Waals surface area contributed by atoms with Crippen LogP contribution < -0.4 is 5.32 Å². The molecule has 1 N–H and O–H groups in total. The van der Waals surface area contributed by atoms with Gasteiger partial charge in [0.2, 0.25) is 0 Å². The van der Waals surface area contributed by atoms with Crippen molar-refractivity contribution in [3.63, 3.8) is 0 Å². The van der Waals surface area contributed by atoms with Gasteiger partial charge in [0.1, 0.15) is 6.61 Å². The Kier molecular flexibility index (Phi) is 4.50. The lowest BCUT2D eigenvalue weighted by Crippen LogP contribution is -2.13. The Labute approximate surface area is 112 Å². The molecule has 0 spiro atoms. The number of benzene rings is 1. The molecule has 0 fully saturated rings. The fourth-order valence-corrected chi connectivity index (χ4v) is 1.60. The minimum Gasteiger partial charge on any atom is -0.443 e. The van der Waals surface area contributed by atoms with Crippen molar-refractivity contribution in [3.8, 4) is 0 Å². The van der Waals surface area contributed by atoms with E-state index in [4.69, 9.17) is 4.74 Å². The summed E-state index contributed by atoms with van der Waals surface area (Å²) in [5.74, 6) is 0. The number of nitrogens with zero attached hydrogens (tertiary/aromatic N) is 1. The van der Waals surface area contributed by atoms with Crippen LogP contribution in [-0.2, 0) is 17.8 Å². The summed E-state index contributed by atoms with van der Waals surface area (Å²) in [6.45, 7) is 2.25. The lowest BCUT2D eigenvalue weighted by Gasteiger charge is -2.07. The molecule has 19 heavy (non-hydrogen) atoms. The summed E-state index contributed by atoms with van der Waals surface area (Å²) >= 11 is 0. The van der Waals surface area contributed by atoms with Gasteiger partial charge in [-0.2, -0.15) is 0 Å². The average Bonchev–Trinajstić information content (AvgIpc) is 2.47. The maximum Gasteiger partial charge on any atom is 0.412 e. The monoisotopic (exact) mass is 256 g/mol. The molecule has 0 bridgehead atoms. The van der Waals surface area contributed by atoms with Crippen molar-refractivity contribution < 1.29 is 9.53 Å². The minimum absolute atomic E-state index is 0.166. The van der Waals surface area contributed by atoms with Crippen LogP contribution in [0.15, 0.2) is 48.7 Å². The number of hydrogen-bond acceptors (Lipinski definition) is 3. The quantitative estimate of drug-likeness (QED) is 0.912. The van der Waals surface area contributed by atoms with E-state index >= 15 is 0 Å². The Balaban J connectivity index is 1.83.